The minimum Gasteiger partial charge on any atom is -0.492 e. The number of anilines is 3. The monoisotopic (exact) mass is 594 g/mol. The molecule has 1 aliphatic rings. The Morgan fingerprint density at radius 1 is 1.05 bits per heavy atom. The van der Waals surface area contributed by atoms with Crippen LogP contribution in [-0.2, 0) is 20.2 Å². The van der Waals surface area contributed by atoms with Gasteiger partial charge in [0.1, 0.15) is 0 Å². The van der Waals surface area contributed by atoms with Crippen LogP contribution in [0, 0.1) is 0 Å². The molecule has 3 aromatic rings. The fourth-order valence-electron chi connectivity index (χ4n) is 4.10. The fraction of sp³-hybridized carbons (Fsp3) is 0.385. The Balaban J connectivity index is 1.69. The van der Waals surface area contributed by atoms with E-state index >= 15 is 0 Å². The maximum Gasteiger partial charge on any atom is 0.322 e. The molecule has 13 heteroatoms. The number of carbonyl (C=O) groups is 2. The Kier molecular flexibility index (Phi) is 8.31. The lowest BCUT2D eigenvalue weighted by Gasteiger charge is -2.27. The number of carbonyl (C=O) groups excluding carboxylic acids is 2. The highest BCUT2D eigenvalue weighted by atomic mass is 35.5. The van der Waals surface area contributed by atoms with Crippen molar-refractivity contribution in [3.8, 4) is 5.75 Å². The number of nitrogens with zero attached hydrogens (tertiary/aromatic N) is 1. The van der Waals surface area contributed by atoms with Crippen molar-refractivity contribution < 1.29 is 27.5 Å². The van der Waals surface area contributed by atoms with Gasteiger partial charge in [-0.1, -0.05) is 32.4 Å². The summed E-state index contributed by atoms with van der Waals surface area (Å²) in [5, 5.41) is 6.86. The van der Waals surface area contributed by atoms with Crippen molar-refractivity contribution in [3.05, 3.63) is 45.8 Å². The van der Waals surface area contributed by atoms with Gasteiger partial charge in [0.2, 0.25) is 10.0 Å². The van der Waals surface area contributed by atoms with E-state index in [0.29, 0.717) is 57.7 Å². The first-order valence-electron chi connectivity index (χ1n) is 12.1. The number of hydrogen-bond donors (Lipinski definition) is 3. The standard InChI is InChI=1S/C26H31ClN4O6S2/c1-26(2,3)15-12-19(22(36-4)20(13-15)30-39(5,34)35)28-24(32)21-14-16-17(27)6-7-18(23(16)38-21)29-25(33)31-8-10-37-11-9-31/h6-7,12-14,30H,8-11H2,1-5H3,(H,28,32)(H,29,33). The summed E-state index contributed by atoms with van der Waals surface area (Å²) in [6.07, 6.45) is 1.05. The van der Waals surface area contributed by atoms with Gasteiger partial charge in [-0.15, -0.1) is 11.3 Å². The predicted molar refractivity (Wildman–Crippen MR) is 156 cm³/mol. The zero-order valence-electron chi connectivity index (χ0n) is 22.3. The number of hydrogen-bond acceptors (Lipinski definition) is 7. The molecule has 3 amide bonds. The highest BCUT2D eigenvalue weighted by Gasteiger charge is 2.24. The molecule has 39 heavy (non-hydrogen) atoms. The maximum absolute atomic E-state index is 13.5. The van der Waals surface area contributed by atoms with Crippen molar-refractivity contribution in [1.82, 2.24) is 4.90 Å². The van der Waals surface area contributed by atoms with E-state index in [1.807, 2.05) is 20.8 Å². The minimum absolute atomic E-state index is 0.180. The molecule has 3 N–H and O–H groups in total. The number of rotatable bonds is 6. The van der Waals surface area contributed by atoms with Crippen molar-refractivity contribution in [2.45, 2.75) is 26.2 Å². The fourth-order valence-corrected chi connectivity index (χ4v) is 5.96. The largest absolute Gasteiger partial charge is 0.492 e. The summed E-state index contributed by atoms with van der Waals surface area (Å²) in [6.45, 7) is 7.88. The van der Waals surface area contributed by atoms with Crippen LogP contribution in [0.25, 0.3) is 10.1 Å². The Morgan fingerprint density at radius 3 is 2.33 bits per heavy atom. The molecule has 0 aliphatic carbocycles. The number of urea groups is 1. The van der Waals surface area contributed by atoms with Crippen molar-refractivity contribution in [1.29, 1.82) is 0 Å². The van der Waals surface area contributed by atoms with Crippen LogP contribution in [0.4, 0.5) is 21.9 Å². The number of benzene rings is 2. The predicted octanol–water partition coefficient (Wildman–Crippen LogP) is 5.35. The number of fused-ring (bicyclic) bond motifs is 1. The van der Waals surface area contributed by atoms with Gasteiger partial charge in [0.05, 0.1) is 53.2 Å². The number of amides is 3. The molecule has 1 aliphatic heterocycles. The molecule has 10 nitrogen and oxygen atoms in total. The SMILES string of the molecule is COc1c(NC(=O)c2cc3c(Cl)ccc(NC(=O)N4CCOCC4)c3s2)cc(C(C)(C)C)cc1NS(C)(=O)=O. The number of morpholine rings is 1. The number of thiophene rings is 1. The number of nitrogens with one attached hydrogen (secondary N) is 3. The second-order valence-electron chi connectivity index (χ2n) is 10.2. The molecule has 0 unspecified atom stereocenters. The molecule has 1 saturated heterocycles. The van der Waals surface area contributed by atoms with E-state index in [9.17, 15) is 18.0 Å². The smallest absolute Gasteiger partial charge is 0.322 e. The van der Waals surface area contributed by atoms with E-state index in [2.05, 4.69) is 15.4 Å². The van der Waals surface area contributed by atoms with Crippen LogP contribution in [0.2, 0.25) is 5.02 Å². The highest BCUT2D eigenvalue weighted by molar-refractivity contribution is 7.92. The van der Waals surface area contributed by atoms with Crippen molar-refractivity contribution in [3.63, 3.8) is 0 Å². The average molecular weight is 595 g/mol. The van der Waals surface area contributed by atoms with Crippen LogP contribution < -0.4 is 20.1 Å². The second-order valence-corrected chi connectivity index (χ2v) is 13.4. The van der Waals surface area contributed by atoms with E-state index < -0.39 is 15.9 Å². The van der Waals surface area contributed by atoms with Crippen LogP contribution in [0.15, 0.2) is 30.3 Å². The summed E-state index contributed by atoms with van der Waals surface area (Å²) in [7, 11) is -2.21. The van der Waals surface area contributed by atoms with Gasteiger partial charge in [0.25, 0.3) is 5.91 Å². The first-order chi connectivity index (χ1) is 18.3. The number of ether oxygens (including phenoxy) is 2. The van der Waals surface area contributed by atoms with E-state index in [0.717, 1.165) is 11.8 Å². The number of halogens is 1. The third kappa shape index (κ3) is 6.75. The number of sulfonamides is 1. The Bertz CT molecular complexity index is 1530. The lowest BCUT2D eigenvalue weighted by Crippen LogP contribution is -2.43. The normalized spacial score (nSPS) is 14.3. The van der Waals surface area contributed by atoms with Gasteiger partial charge in [0.15, 0.2) is 5.75 Å². The van der Waals surface area contributed by atoms with Gasteiger partial charge in [0, 0.05) is 23.5 Å². The van der Waals surface area contributed by atoms with Gasteiger partial charge in [-0.2, -0.15) is 0 Å². The molecule has 210 valence electrons. The van der Waals surface area contributed by atoms with Crippen LogP contribution in [0.5, 0.6) is 5.75 Å². The first-order valence-corrected chi connectivity index (χ1v) is 15.2. The zero-order chi connectivity index (χ0) is 28.5. The van der Waals surface area contributed by atoms with Gasteiger partial charge < -0.3 is 25.0 Å². The molecule has 2 aromatic carbocycles. The Morgan fingerprint density at radius 2 is 1.72 bits per heavy atom. The van der Waals surface area contributed by atoms with Crippen LogP contribution in [0.1, 0.15) is 36.0 Å². The summed E-state index contributed by atoms with van der Waals surface area (Å²) in [5.74, 6) is -0.258. The summed E-state index contributed by atoms with van der Waals surface area (Å²) < 4.78 is 38.0. The maximum atomic E-state index is 13.5. The van der Waals surface area contributed by atoms with Gasteiger partial charge in [-0.3, -0.25) is 9.52 Å². The van der Waals surface area contributed by atoms with E-state index in [1.165, 1.54) is 18.4 Å². The van der Waals surface area contributed by atoms with Crippen molar-refractivity contribution >= 4 is 72.0 Å². The molecule has 0 atom stereocenters. The van der Waals surface area contributed by atoms with Crippen molar-refractivity contribution in [2.24, 2.45) is 0 Å². The zero-order valence-corrected chi connectivity index (χ0v) is 24.7. The lowest BCUT2D eigenvalue weighted by atomic mass is 9.86. The lowest BCUT2D eigenvalue weighted by molar-refractivity contribution is 0.0565. The van der Waals surface area contributed by atoms with Gasteiger partial charge >= 0.3 is 6.03 Å². The van der Waals surface area contributed by atoms with Crippen molar-refractivity contribution in [2.75, 3.05) is 55.0 Å². The molecule has 4 rings (SSSR count). The molecule has 0 saturated carbocycles. The highest BCUT2D eigenvalue weighted by Crippen LogP contribution is 2.41. The minimum atomic E-state index is -3.61. The quantitative estimate of drug-likeness (QED) is 0.353. The molecule has 0 radical (unpaired) electrons. The van der Waals surface area contributed by atoms with Gasteiger partial charge in [-0.05, 0) is 41.3 Å². The second kappa shape index (κ2) is 11.2. The van der Waals surface area contributed by atoms with Crippen LogP contribution >= 0.6 is 22.9 Å². The molecule has 1 aromatic heterocycles. The van der Waals surface area contributed by atoms with E-state index in [1.54, 1.807) is 35.2 Å². The van der Waals surface area contributed by atoms with E-state index in [-0.39, 0.29) is 22.9 Å². The Labute approximate surface area is 236 Å². The Hall–Kier alpha value is -3.06. The summed E-state index contributed by atoms with van der Waals surface area (Å²) in [6, 6.07) is 8.25. The molecule has 0 spiro atoms. The average Bonchev–Trinajstić information content (AvgIpc) is 3.31. The molecular weight excluding hydrogens is 564 g/mol. The van der Waals surface area contributed by atoms with Crippen LogP contribution in [-0.4, -0.2) is 64.9 Å². The molecule has 2 heterocycles. The van der Waals surface area contributed by atoms with Gasteiger partial charge in [-0.25, -0.2) is 13.2 Å². The van der Waals surface area contributed by atoms with Crippen LogP contribution in [0.3, 0.4) is 0 Å². The topological polar surface area (TPSA) is 126 Å². The molecular formula is C26H31ClN4O6S2. The van der Waals surface area contributed by atoms with E-state index in [4.69, 9.17) is 21.1 Å². The molecule has 0 bridgehead atoms. The summed E-state index contributed by atoms with van der Waals surface area (Å²) in [4.78, 5) is 28.3. The molecule has 1 fully saturated rings. The number of methoxy groups -OCH3 is 1. The summed E-state index contributed by atoms with van der Waals surface area (Å²) >= 11 is 7.63. The summed E-state index contributed by atoms with van der Waals surface area (Å²) in [5.41, 5.74) is 1.51. The third-order valence-corrected chi connectivity index (χ3v) is 8.18. The third-order valence-electron chi connectivity index (χ3n) is 6.10. The first kappa shape index (κ1) is 28.9.